The van der Waals surface area contributed by atoms with Crippen molar-refractivity contribution in [2.45, 2.75) is 13.8 Å². The molecule has 0 atom stereocenters. The van der Waals surface area contributed by atoms with Crippen LogP contribution in [0.15, 0.2) is 40.4 Å². The lowest BCUT2D eigenvalue weighted by molar-refractivity contribution is 0.414. The average Bonchev–Trinajstić information content (AvgIpc) is 2.89. The molecule has 2 aromatic rings. The van der Waals surface area contributed by atoms with Crippen LogP contribution in [0.25, 0.3) is 5.69 Å². The van der Waals surface area contributed by atoms with Gasteiger partial charge in [-0.25, -0.2) is 0 Å². The van der Waals surface area contributed by atoms with E-state index in [1.807, 2.05) is 12.1 Å². The molecule has 1 aliphatic heterocycles. The van der Waals surface area contributed by atoms with Crippen LogP contribution in [-0.2, 0) is 0 Å². The van der Waals surface area contributed by atoms with Crippen LogP contribution in [0.5, 0.6) is 5.75 Å². The van der Waals surface area contributed by atoms with Gasteiger partial charge in [-0.3, -0.25) is 10.4 Å². The van der Waals surface area contributed by atoms with Gasteiger partial charge in [0.25, 0.3) is 0 Å². The predicted molar refractivity (Wildman–Crippen MR) is 97.3 cm³/mol. The van der Waals surface area contributed by atoms with Crippen molar-refractivity contribution in [2.24, 2.45) is 10.1 Å². The Bertz CT molecular complexity index is 775. The molecule has 0 aliphatic carbocycles. The molecule has 0 saturated heterocycles. The molecular formula is C17H20N4OS. The number of hydrazone groups is 1. The fraction of sp³-hybridized carbons (Fsp3) is 0.294. The summed E-state index contributed by atoms with van der Waals surface area (Å²) in [5.41, 5.74) is 8.73. The molecular weight excluding hydrogens is 308 g/mol. The average molecular weight is 328 g/mol. The minimum atomic E-state index is 0.826. The first-order chi connectivity index (χ1) is 11.1. The van der Waals surface area contributed by atoms with Crippen molar-refractivity contribution in [2.75, 3.05) is 19.9 Å². The third-order valence-corrected chi connectivity index (χ3v) is 4.87. The van der Waals surface area contributed by atoms with Crippen molar-refractivity contribution in [1.82, 2.24) is 9.99 Å². The van der Waals surface area contributed by atoms with E-state index in [1.165, 1.54) is 17.0 Å². The number of hydrogen-bond donors (Lipinski definition) is 1. The molecule has 0 radical (unpaired) electrons. The lowest BCUT2D eigenvalue weighted by Gasteiger charge is -2.15. The number of nitrogens with zero attached hydrogens (tertiary/aromatic N) is 3. The van der Waals surface area contributed by atoms with Gasteiger partial charge in [-0.2, -0.15) is 5.10 Å². The number of aromatic nitrogens is 1. The van der Waals surface area contributed by atoms with Crippen LogP contribution in [0.3, 0.4) is 0 Å². The number of thioether (sulfide) groups is 1. The van der Waals surface area contributed by atoms with Crippen LogP contribution >= 0.6 is 11.8 Å². The summed E-state index contributed by atoms with van der Waals surface area (Å²) in [5, 5.41) is 5.33. The molecule has 0 saturated carbocycles. The first-order valence-electron chi connectivity index (χ1n) is 7.40. The molecule has 1 N–H and O–H groups in total. The van der Waals surface area contributed by atoms with Gasteiger partial charge in [0.05, 0.1) is 12.8 Å². The maximum Gasteiger partial charge on any atom is 0.177 e. The minimum Gasteiger partial charge on any atom is -0.497 e. The summed E-state index contributed by atoms with van der Waals surface area (Å²) in [6.07, 6.45) is 0. The van der Waals surface area contributed by atoms with Gasteiger partial charge in [-0.15, -0.1) is 0 Å². The highest BCUT2D eigenvalue weighted by atomic mass is 32.2. The fourth-order valence-electron chi connectivity index (χ4n) is 2.75. The topological polar surface area (TPSA) is 50.9 Å². The second kappa shape index (κ2) is 6.50. The third kappa shape index (κ3) is 2.99. The monoisotopic (exact) mass is 328 g/mol. The number of aryl methyl sites for hydroxylation is 1. The van der Waals surface area contributed by atoms with E-state index in [-0.39, 0.29) is 0 Å². The highest BCUT2D eigenvalue weighted by molar-refractivity contribution is 8.14. The highest BCUT2D eigenvalue weighted by Gasteiger charge is 2.18. The summed E-state index contributed by atoms with van der Waals surface area (Å²) < 4.78 is 7.48. The normalized spacial score (nSPS) is 16.2. The van der Waals surface area contributed by atoms with Gasteiger partial charge in [0.15, 0.2) is 5.17 Å². The number of methoxy groups -OCH3 is 1. The van der Waals surface area contributed by atoms with Crippen molar-refractivity contribution < 1.29 is 4.74 Å². The number of hydrogen-bond acceptors (Lipinski definition) is 4. The Labute approximate surface area is 140 Å². The van der Waals surface area contributed by atoms with E-state index >= 15 is 0 Å². The molecule has 6 heteroatoms. The zero-order valence-corrected chi connectivity index (χ0v) is 14.6. The zero-order chi connectivity index (χ0) is 16.4. The van der Waals surface area contributed by atoms with Gasteiger partial charge < -0.3 is 9.30 Å². The Morgan fingerprint density at radius 2 is 2.00 bits per heavy atom. The molecule has 1 aliphatic rings. The zero-order valence-electron chi connectivity index (χ0n) is 13.8. The predicted octanol–water partition coefficient (Wildman–Crippen LogP) is 3.13. The van der Waals surface area contributed by atoms with Crippen molar-refractivity contribution in [3.05, 3.63) is 47.3 Å². The number of benzene rings is 1. The van der Waals surface area contributed by atoms with Crippen LogP contribution in [0, 0.1) is 13.8 Å². The summed E-state index contributed by atoms with van der Waals surface area (Å²) >= 11 is 1.67. The first-order valence-corrected chi connectivity index (χ1v) is 8.38. The van der Waals surface area contributed by atoms with Crippen LogP contribution in [-0.4, -0.2) is 35.4 Å². The Hall–Kier alpha value is -2.21. The van der Waals surface area contributed by atoms with E-state index in [0.29, 0.717) is 0 Å². The third-order valence-electron chi connectivity index (χ3n) is 3.91. The lowest BCUT2D eigenvalue weighted by atomic mass is 10.1. The number of ether oxygens (including phenoxy) is 1. The molecule has 0 amide bonds. The van der Waals surface area contributed by atoms with E-state index in [0.717, 1.165) is 28.1 Å². The van der Waals surface area contributed by atoms with Gasteiger partial charge >= 0.3 is 0 Å². The van der Waals surface area contributed by atoms with Gasteiger partial charge in [0.2, 0.25) is 0 Å². The summed E-state index contributed by atoms with van der Waals surface area (Å²) in [4.78, 5) is 4.13. The van der Waals surface area contributed by atoms with Crippen LogP contribution in [0.1, 0.15) is 17.0 Å². The second-order valence-electron chi connectivity index (χ2n) is 5.31. The van der Waals surface area contributed by atoms with Gasteiger partial charge in [-0.1, -0.05) is 11.8 Å². The first kappa shape index (κ1) is 15.7. The van der Waals surface area contributed by atoms with Crippen LogP contribution in [0.4, 0.5) is 0 Å². The van der Waals surface area contributed by atoms with E-state index in [9.17, 15) is 0 Å². The highest BCUT2D eigenvalue weighted by Crippen LogP contribution is 2.25. The quantitative estimate of drug-likeness (QED) is 0.942. The fourth-order valence-corrected chi connectivity index (χ4v) is 3.49. The summed E-state index contributed by atoms with van der Waals surface area (Å²) in [6, 6.07) is 10.3. The molecule has 23 heavy (non-hydrogen) atoms. The molecule has 1 aromatic heterocycles. The van der Waals surface area contributed by atoms with E-state index < -0.39 is 0 Å². The number of amidine groups is 1. The maximum absolute atomic E-state index is 5.24. The molecule has 0 fully saturated rings. The molecule has 2 heterocycles. The number of aliphatic imine (C=N–C) groups is 1. The van der Waals surface area contributed by atoms with Gasteiger partial charge in [-0.05, 0) is 44.2 Å². The van der Waals surface area contributed by atoms with Crippen molar-refractivity contribution in [1.29, 1.82) is 0 Å². The van der Waals surface area contributed by atoms with Crippen LogP contribution < -0.4 is 10.2 Å². The van der Waals surface area contributed by atoms with E-state index in [2.05, 4.69) is 52.1 Å². The summed E-state index contributed by atoms with van der Waals surface area (Å²) in [6.45, 7) is 4.24. The molecule has 0 unspecified atom stereocenters. The Balaban J connectivity index is 1.98. The Morgan fingerprint density at radius 3 is 2.57 bits per heavy atom. The van der Waals surface area contributed by atoms with Crippen LogP contribution in [0.2, 0.25) is 0 Å². The molecule has 120 valence electrons. The number of nitrogens with one attached hydrogen (secondary N) is 1. The van der Waals surface area contributed by atoms with Crippen molar-refractivity contribution in [3.8, 4) is 11.4 Å². The van der Waals surface area contributed by atoms with Crippen molar-refractivity contribution >= 4 is 22.6 Å². The molecule has 3 rings (SSSR count). The second-order valence-corrected chi connectivity index (χ2v) is 6.27. The van der Waals surface area contributed by atoms with Crippen molar-refractivity contribution in [3.63, 3.8) is 0 Å². The summed E-state index contributed by atoms with van der Waals surface area (Å²) in [7, 11) is 3.45. The van der Waals surface area contributed by atoms with Gasteiger partial charge in [0, 0.05) is 35.4 Å². The Morgan fingerprint density at radius 1 is 1.26 bits per heavy atom. The van der Waals surface area contributed by atoms with E-state index in [4.69, 9.17) is 4.74 Å². The molecule has 0 bridgehead atoms. The van der Waals surface area contributed by atoms with E-state index in [1.54, 1.807) is 25.9 Å². The molecule has 5 nitrogen and oxygen atoms in total. The lowest BCUT2D eigenvalue weighted by Crippen LogP contribution is -2.25. The Kier molecular flexibility index (Phi) is 4.43. The minimum absolute atomic E-state index is 0.826. The largest absolute Gasteiger partial charge is 0.497 e. The summed E-state index contributed by atoms with van der Waals surface area (Å²) in [5.74, 6) is 1.69. The smallest absolute Gasteiger partial charge is 0.177 e. The SMILES string of the molecule is CN=C1NN=C(c2cc(C)n(-c3ccc(OC)cc3)c2C)CS1. The number of rotatable bonds is 3. The van der Waals surface area contributed by atoms with Gasteiger partial charge in [0.1, 0.15) is 5.75 Å². The standard InChI is InChI=1S/C17H20N4OS/c1-11-9-15(16-10-23-17(18-3)20-19-16)12(2)21(11)13-5-7-14(22-4)8-6-13/h5-9H,10H2,1-4H3,(H,18,20). The molecule has 1 aromatic carbocycles. The maximum atomic E-state index is 5.24. The molecule has 0 spiro atoms.